The van der Waals surface area contributed by atoms with Crippen LogP contribution in [0.1, 0.15) is 53.8 Å². The van der Waals surface area contributed by atoms with Crippen molar-refractivity contribution in [2.75, 3.05) is 7.11 Å². The highest BCUT2D eigenvalue weighted by molar-refractivity contribution is 5.95. The number of likely N-dealkylation sites (tertiary alicyclic amines) is 1. The van der Waals surface area contributed by atoms with Crippen LogP contribution in [0, 0.1) is 11.3 Å². The number of carbonyl (C=O) groups is 1. The van der Waals surface area contributed by atoms with Gasteiger partial charge in [-0.2, -0.15) is 5.26 Å². The van der Waals surface area contributed by atoms with Crippen molar-refractivity contribution in [2.24, 2.45) is 0 Å². The van der Waals surface area contributed by atoms with Crippen LogP contribution in [0.2, 0.25) is 0 Å². The Balaban J connectivity index is 2.00. The van der Waals surface area contributed by atoms with Crippen molar-refractivity contribution < 1.29 is 9.53 Å². The van der Waals surface area contributed by atoms with E-state index in [0.29, 0.717) is 5.56 Å². The highest BCUT2D eigenvalue weighted by atomic mass is 16.5. The Morgan fingerprint density at radius 1 is 1.32 bits per heavy atom. The molecule has 0 N–H and O–H groups in total. The number of amides is 1. The van der Waals surface area contributed by atoms with Gasteiger partial charge in [-0.05, 0) is 44.4 Å². The largest absolute Gasteiger partial charge is 0.496 e. The second-order valence-corrected chi connectivity index (χ2v) is 6.29. The smallest absolute Gasteiger partial charge is 0.254 e. The first-order valence-corrected chi connectivity index (χ1v) is 8.47. The Morgan fingerprint density at radius 3 is 2.88 bits per heavy atom. The number of hydrogen-bond acceptors (Lipinski definition) is 4. The van der Waals surface area contributed by atoms with Crippen molar-refractivity contribution in [1.82, 2.24) is 9.88 Å². The van der Waals surface area contributed by atoms with Crippen LogP contribution in [0.5, 0.6) is 5.75 Å². The summed E-state index contributed by atoms with van der Waals surface area (Å²) < 4.78 is 5.51. The van der Waals surface area contributed by atoms with E-state index in [9.17, 15) is 4.79 Å². The van der Waals surface area contributed by atoms with Gasteiger partial charge in [0.1, 0.15) is 17.5 Å². The summed E-state index contributed by atoms with van der Waals surface area (Å²) in [6, 6.07) is 13.2. The molecule has 1 aromatic carbocycles. The average Bonchev–Trinajstić information content (AvgIpc) is 2.67. The van der Waals surface area contributed by atoms with E-state index < -0.39 is 0 Å². The minimum Gasteiger partial charge on any atom is -0.496 e. The zero-order valence-electron chi connectivity index (χ0n) is 14.5. The fraction of sp³-hybridized carbons (Fsp3) is 0.350. The number of aromatic nitrogens is 1. The molecule has 0 aliphatic carbocycles. The summed E-state index contributed by atoms with van der Waals surface area (Å²) in [7, 11) is 1.65. The second-order valence-electron chi connectivity index (χ2n) is 6.29. The van der Waals surface area contributed by atoms with Crippen molar-refractivity contribution in [1.29, 1.82) is 5.26 Å². The summed E-state index contributed by atoms with van der Waals surface area (Å²) in [4.78, 5) is 19.1. The molecule has 1 saturated heterocycles. The summed E-state index contributed by atoms with van der Waals surface area (Å²) in [6.45, 7) is 2.08. The van der Waals surface area contributed by atoms with Gasteiger partial charge in [0.2, 0.25) is 0 Å². The van der Waals surface area contributed by atoms with Crippen molar-refractivity contribution >= 4 is 5.91 Å². The van der Waals surface area contributed by atoms with Gasteiger partial charge in [0.25, 0.3) is 5.91 Å². The van der Waals surface area contributed by atoms with Crippen LogP contribution < -0.4 is 4.74 Å². The minimum absolute atomic E-state index is 0.0360. The molecule has 0 unspecified atom stereocenters. The van der Waals surface area contributed by atoms with Crippen LogP contribution in [0.15, 0.2) is 42.6 Å². The lowest BCUT2D eigenvalue weighted by molar-refractivity contribution is 0.0473. The maximum Gasteiger partial charge on any atom is 0.254 e. The lowest BCUT2D eigenvalue weighted by atomic mass is 9.90. The second kappa shape index (κ2) is 7.35. The van der Waals surface area contributed by atoms with Crippen molar-refractivity contribution in [3.63, 3.8) is 0 Å². The summed E-state index contributed by atoms with van der Waals surface area (Å²) >= 11 is 0. The normalized spacial score (nSPS) is 20.0. The molecule has 2 heterocycles. The third-order valence-electron chi connectivity index (χ3n) is 4.76. The van der Waals surface area contributed by atoms with Crippen LogP contribution in [-0.2, 0) is 0 Å². The fourth-order valence-corrected chi connectivity index (χ4v) is 3.55. The number of pyridine rings is 1. The number of carbonyl (C=O) groups excluding carboxylic acids is 1. The molecule has 0 radical (unpaired) electrons. The third-order valence-corrected chi connectivity index (χ3v) is 4.76. The van der Waals surface area contributed by atoms with E-state index in [0.717, 1.165) is 30.6 Å². The van der Waals surface area contributed by atoms with Crippen molar-refractivity contribution in [3.8, 4) is 11.8 Å². The molecule has 1 aliphatic rings. The minimum atomic E-state index is -0.0676. The maximum atomic E-state index is 13.2. The van der Waals surface area contributed by atoms with Gasteiger partial charge in [0.15, 0.2) is 0 Å². The van der Waals surface area contributed by atoms with Gasteiger partial charge in [-0.1, -0.05) is 18.2 Å². The summed E-state index contributed by atoms with van der Waals surface area (Å²) in [6.07, 6.45) is 4.44. The predicted molar refractivity (Wildman–Crippen MR) is 94.2 cm³/mol. The molecule has 0 bridgehead atoms. The summed E-state index contributed by atoms with van der Waals surface area (Å²) in [5.74, 6) is 0.730. The van der Waals surface area contributed by atoms with E-state index in [2.05, 4.69) is 11.9 Å². The Labute approximate surface area is 147 Å². The van der Waals surface area contributed by atoms with E-state index in [1.54, 1.807) is 19.2 Å². The number of methoxy groups -OCH3 is 1. The summed E-state index contributed by atoms with van der Waals surface area (Å²) in [5, 5.41) is 9.05. The molecule has 1 aromatic heterocycles. The van der Waals surface area contributed by atoms with E-state index in [1.165, 1.54) is 6.20 Å². The molecule has 128 valence electrons. The van der Waals surface area contributed by atoms with Gasteiger partial charge in [-0.3, -0.25) is 4.79 Å². The first kappa shape index (κ1) is 17.0. The lowest BCUT2D eigenvalue weighted by Gasteiger charge is -2.41. The molecule has 3 rings (SSSR count). The molecular weight excluding hydrogens is 314 g/mol. The SMILES string of the molecule is COc1ccccc1[C@H]1CCC[C@@H](C)N1C(=O)c1ccnc(C#N)c1. The number of nitriles is 1. The molecule has 5 heteroatoms. The van der Waals surface area contributed by atoms with Gasteiger partial charge in [-0.15, -0.1) is 0 Å². The molecule has 2 aromatic rings. The molecule has 25 heavy (non-hydrogen) atoms. The van der Waals surface area contributed by atoms with Crippen LogP contribution >= 0.6 is 0 Å². The van der Waals surface area contributed by atoms with E-state index in [-0.39, 0.29) is 23.7 Å². The van der Waals surface area contributed by atoms with Crippen LogP contribution in [0.25, 0.3) is 0 Å². The van der Waals surface area contributed by atoms with Gasteiger partial charge >= 0.3 is 0 Å². The third kappa shape index (κ3) is 3.34. The van der Waals surface area contributed by atoms with E-state index in [1.807, 2.05) is 35.2 Å². The Kier molecular flexibility index (Phi) is 4.99. The first-order valence-electron chi connectivity index (χ1n) is 8.47. The van der Waals surface area contributed by atoms with Gasteiger partial charge in [0.05, 0.1) is 13.2 Å². The molecular formula is C20H21N3O2. The monoisotopic (exact) mass is 335 g/mol. The molecule has 0 spiro atoms. The van der Waals surface area contributed by atoms with Crippen LogP contribution in [0.4, 0.5) is 0 Å². The number of para-hydroxylation sites is 1. The topological polar surface area (TPSA) is 66.2 Å². The number of benzene rings is 1. The fourth-order valence-electron chi connectivity index (χ4n) is 3.55. The van der Waals surface area contributed by atoms with Crippen molar-refractivity contribution in [3.05, 3.63) is 59.4 Å². The van der Waals surface area contributed by atoms with Gasteiger partial charge in [-0.25, -0.2) is 4.98 Å². The molecule has 0 saturated carbocycles. The standard InChI is InChI=1S/C20H21N3O2/c1-14-6-5-8-18(17-7-3-4-9-19(17)25-2)23(14)20(24)15-10-11-22-16(12-15)13-21/h3-4,7,9-12,14,18H,5-6,8H2,1-2H3/t14-,18-/m1/s1. The predicted octanol–water partition coefficient (Wildman–Crippen LogP) is 3.72. The highest BCUT2D eigenvalue weighted by Crippen LogP contribution is 2.39. The van der Waals surface area contributed by atoms with Crippen molar-refractivity contribution in [2.45, 2.75) is 38.3 Å². The Bertz CT molecular complexity index is 813. The van der Waals surface area contributed by atoms with E-state index in [4.69, 9.17) is 10.00 Å². The lowest BCUT2D eigenvalue weighted by Crippen LogP contribution is -2.44. The zero-order chi connectivity index (χ0) is 17.8. The highest BCUT2D eigenvalue weighted by Gasteiger charge is 2.34. The van der Waals surface area contributed by atoms with E-state index >= 15 is 0 Å². The maximum absolute atomic E-state index is 13.2. The quantitative estimate of drug-likeness (QED) is 0.857. The summed E-state index contributed by atoms with van der Waals surface area (Å²) in [5.41, 5.74) is 1.78. The number of piperidine rings is 1. The molecule has 5 nitrogen and oxygen atoms in total. The number of hydrogen-bond donors (Lipinski definition) is 0. The Morgan fingerprint density at radius 2 is 2.12 bits per heavy atom. The number of ether oxygens (including phenoxy) is 1. The van der Waals surface area contributed by atoms with Crippen LogP contribution in [-0.4, -0.2) is 28.9 Å². The Hall–Kier alpha value is -2.87. The molecule has 2 atom stereocenters. The molecule has 1 fully saturated rings. The first-order chi connectivity index (χ1) is 12.2. The number of nitrogens with zero attached hydrogens (tertiary/aromatic N) is 3. The molecule has 1 aliphatic heterocycles. The van der Waals surface area contributed by atoms with Gasteiger partial charge in [0, 0.05) is 23.4 Å². The molecule has 1 amide bonds. The van der Waals surface area contributed by atoms with Crippen LogP contribution in [0.3, 0.4) is 0 Å². The van der Waals surface area contributed by atoms with Gasteiger partial charge < -0.3 is 9.64 Å². The average molecular weight is 335 g/mol. The number of rotatable bonds is 3. The zero-order valence-corrected chi connectivity index (χ0v) is 14.5.